The van der Waals surface area contributed by atoms with E-state index in [4.69, 9.17) is 15.3 Å². The minimum Gasteiger partial charge on any atom is -1.00 e. The van der Waals surface area contributed by atoms with Gasteiger partial charge in [-0.15, -0.1) is 0 Å². The average Bonchev–Trinajstić information content (AvgIpc) is 1.38. The summed E-state index contributed by atoms with van der Waals surface area (Å²) >= 11 is 0. The van der Waals surface area contributed by atoms with Gasteiger partial charge < -0.3 is 11.5 Å². The number of hydrogen-bond acceptors (Lipinski definition) is 4. The van der Waals surface area contributed by atoms with Crippen molar-refractivity contribution in [2.75, 3.05) is 0 Å². The predicted molar refractivity (Wildman–Crippen MR) is 15.0 cm³/mol. The second kappa shape index (κ2) is 5.90. The summed E-state index contributed by atoms with van der Waals surface area (Å²) in [7, 11) is -2.06. The van der Waals surface area contributed by atoms with E-state index in [1.165, 1.54) is 0 Å². The monoisotopic (exact) mass is 102 g/mol. The molecule has 0 atom stereocenters. The summed E-state index contributed by atoms with van der Waals surface area (Å²) in [5, 5.41) is 22.0. The van der Waals surface area contributed by atoms with Crippen LogP contribution in [0.4, 0.5) is 0 Å². The zero-order valence-corrected chi connectivity index (χ0v) is 5.33. The smallest absolute Gasteiger partial charge is 1.00 e. The first kappa shape index (κ1) is 10.0. The van der Waals surface area contributed by atoms with Gasteiger partial charge in [-0.2, -0.15) is 0 Å². The Balaban J connectivity index is -0.0000000800. The average molecular weight is 102 g/mol. The zero-order valence-electron chi connectivity index (χ0n) is 4.33. The standard InChI is InChI=1S/BH3O4.Na.H/c2-1(3)5-4;;/h2-4H;;/q;+1;-1. The fourth-order valence-electron chi connectivity index (χ4n) is 0. The van der Waals surface area contributed by atoms with Gasteiger partial charge in [-0.3, -0.25) is 5.26 Å². The van der Waals surface area contributed by atoms with E-state index in [1.807, 2.05) is 0 Å². The van der Waals surface area contributed by atoms with Gasteiger partial charge in [0.15, 0.2) is 0 Å². The maximum atomic E-state index is 7.44. The molecule has 0 aromatic carbocycles. The molecule has 0 fully saturated rings. The van der Waals surface area contributed by atoms with Crippen molar-refractivity contribution in [2.45, 2.75) is 0 Å². The molecule has 0 rings (SSSR count). The molecule has 0 bridgehead atoms. The predicted octanol–water partition coefficient (Wildman–Crippen LogP) is -4.44. The van der Waals surface area contributed by atoms with Crippen molar-refractivity contribution >= 4 is 7.32 Å². The molecule has 0 radical (unpaired) electrons. The van der Waals surface area contributed by atoms with Crippen LogP contribution in [0, 0.1) is 0 Å². The molecule has 4 nitrogen and oxygen atoms in total. The van der Waals surface area contributed by atoms with Crippen LogP contribution in [0.1, 0.15) is 1.43 Å². The van der Waals surface area contributed by atoms with Crippen LogP contribution in [0.3, 0.4) is 0 Å². The third-order valence-electron chi connectivity index (χ3n) is 0.0943. The first-order valence-corrected chi connectivity index (χ1v) is 0.935. The summed E-state index contributed by atoms with van der Waals surface area (Å²) in [6, 6.07) is 0. The van der Waals surface area contributed by atoms with Crippen LogP contribution in [-0.4, -0.2) is 22.6 Å². The first-order valence-electron chi connectivity index (χ1n) is 0.935. The fourth-order valence-corrected chi connectivity index (χ4v) is 0. The van der Waals surface area contributed by atoms with Gasteiger partial charge in [-0.05, 0) is 0 Å². The topological polar surface area (TPSA) is 69.9 Å². The summed E-state index contributed by atoms with van der Waals surface area (Å²) < 4.78 is 0. The molecular weight excluding hydrogens is 97.8 g/mol. The largest absolute Gasteiger partial charge is 1.00 e. The molecule has 0 saturated heterocycles. The summed E-state index contributed by atoms with van der Waals surface area (Å²) in [4.78, 5) is 2.86. The van der Waals surface area contributed by atoms with E-state index in [0.717, 1.165) is 0 Å². The van der Waals surface area contributed by atoms with E-state index in [2.05, 4.69) is 4.81 Å². The van der Waals surface area contributed by atoms with Gasteiger partial charge in [-0.25, -0.2) is 4.81 Å². The van der Waals surface area contributed by atoms with Crippen LogP contribution in [0.15, 0.2) is 0 Å². The van der Waals surface area contributed by atoms with Crippen LogP contribution in [0.25, 0.3) is 0 Å². The molecule has 0 heterocycles. The molecule has 0 spiro atoms. The second-order valence-corrected chi connectivity index (χ2v) is 0.432. The molecule has 0 unspecified atom stereocenters. The molecule has 0 aliphatic rings. The molecule has 6 heavy (non-hydrogen) atoms. The normalized spacial score (nSPS) is 6.50. The second-order valence-electron chi connectivity index (χ2n) is 0.432. The van der Waals surface area contributed by atoms with Gasteiger partial charge >= 0.3 is 36.9 Å². The Bertz CT molecular complexity index is 25.7. The SMILES string of the molecule is OOB(O)O.[H-].[Na+]. The Morgan fingerprint density at radius 1 is 1.50 bits per heavy atom. The molecule has 6 heteroatoms. The minimum atomic E-state index is -2.06. The Hall–Kier alpha value is 0.905. The van der Waals surface area contributed by atoms with Crippen molar-refractivity contribution in [1.82, 2.24) is 0 Å². The molecule has 0 aliphatic carbocycles. The number of rotatable bonds is 1. The van der Waals surface area contributed by atoms with E-state index in [1.54, 1.807) is 0 Å². The van der Waals surface area contributed by atoms with Crippen molar-refractivity contribution in [3.8, 4) is 0 Å². The maximum Gasteiger partial charge on any atom is 1.00 e. The van der Waals surface area contributed by atoms with Gasteiger partial charge in [-0.1, -0.05) is 0 Å². The molecule has 0 aromatic heterocycles. The van der Waals surface area contributed by atoms with Gasteiger partial charge in [0.2, 0.25) is 0 Å². The van der Waals surface area contributed by atoms with Crippen molar-refractivity contribution in [2.24, 2.45) is 0 Å². The van der Waals surface area contributed by atoms with Crippen molar-refractivity contribution in [3.63, 3.8) is 0 Å². The summed E-state index contributed by atoms with van der Waals surface area (Å²) in [5.41, 5.74) is 0. The zero-order chi connectivity index (χ0) is 4.28. The maximum absolute atomic E-state index is 7.44. The van der Waals surface area contributed by atoms with Crippen LogP contribution < -0.4 is 29.6 Å². The van der Waals surface area contributed by atoms with E-state index in [9.17, 15) is 0 Å². The molecule has 0 amide bonds. The molecule has 0 aromatic rings. The molecule has 0 saturated carbocycles. The summed E-state index contributed by atoms with van der Waals surface area (Å²) in [6.45, 7) is 0. The Labute approximate surface area is 58.6 Å². The Morgan fingerprint density at radius 2 is 1.67 bits per heavy atom. The third kappa shape index (κ3) is 8.86. The fraction of sp³-hybridized carbons (Fsp3) is 0. The van der Waals surface area contributed by atoms with Crippen molar-refractivity contribution < 1.29 is 51.1 Å². The minimum absolute atomic E-state index is 0. The van der Waals surface area contributed by atoms with Gasteiger partial charge in [0.1, 0.15) is 0 Å². The van der Waals surface area contributed by atoms with Crippen LogP contribution >= 0.6 is 0 Å². The van der Waals surface area contributed by atoms with E-state index in [-0.39, 0.29) is 31.0 Å². The quantitative estimate of drug-likeness (QED) is 0.177. The number of hydrogen-bond donors (Lipinski definition) is 3. The Morgan fingerprint density at radius 3 is 1.67 bits per heavy atom. The first-order chi connectivity index (χ1) is 2.27. The molecular formula is H4BNaO4. The van der Waals surface area contributed by atoms with Crippen LogP contribution in [0.2, 0.25) is 0 Å². The van der Waals surface area contributed by atoms with Crippen molar-refractivity contribution in [3.05, 3.63) is 0 Å². The van der Waals surface area contributed by atoms with E-state index < -0.39 is 7.32 Å². The van der Waals surface area contributed by atoms with E-state index >= 15 is 0 Å². The Kier molecular flexibility index (Phi) is 9.85. The van der Waals surface area contributed by atoms with Crippen LogP contribution in [0.5, 0.6) is 0 Å². The van der Waals surface area contributed by atoms with Crippen molar-refractivity contribution in [1.29, 1.82) is 0 Å². The summed E-state index contributed by atoms with van der Waals surface area (Å²) in [5.74, 6) is 0. The summed E-state index contributed by atoms with van der Waals surface area (Å²) in [6.07, 6.45) is 0. The molecule has 3 N–H and O–H groups in total. The molecule has 32 valence electrons. The van der Waals surface area contributed by atoms with Gasteiger partial charge in [0.25, 0.3) is 0 Å². The van der Waals surface area contributed by atoms with Gasteiger partial charge in [0, 0.05) is 0 Å². The van der Waals surface area contributed by atoms with Crippen LogP contribution in [-0.2, 0) is 4.81 Å². The van der Waals surface area contributed by atoms with Gasteiger partial charge in [0.05, 0.1) is 0 Å². The molecule has 0 aliphatic heterocycles. The van der Waals surface area contributed by atoms with E-state index in [0.29, 0.717) is 0 Å². The third-order valence-corrected chi connectivity index (χ3v) is 0.0943.